The summed E-state index contributed by atoms with van der Waals surface area (Å²) in [6, 6.07) is 14.9. The highest BCUT2D eigenvalue weighted by molar-refractivity contribution is 5.91. The van der Waals surface area contributed by atoms with E-state index >= 15 is 0 Å². The lowest BCUT2D eigenvalue weighted by molar-refractivity contribution is -0.130. The Kier molecular flexibility index (Phi) is 4.39. The number of hydrogen-bond acceptors (Lipinski definition) is 5. The number of carbonyl (C=O) groups is 1. The topological polar surface area (TPSA) is 69.6 Å². The number of piperazine rings is 1. The van der Waals surface area contributed by atoms with Gasteiger partial charge >= 0.3 is 0 Å². The number of phenolic OH excluding ortho intramolecular Hbond substituents is 1. The fourth-order valence-electron chi connectivity index (χ4n) is 3.37. The Morgan fingerprint density at radius 2 is 1.85 bits per heavy atom. The van der Waals surface area contributed by atoms with E-state index in [0.717, 1.165) is 35.2 Å². The first kappa shape index (κ1) is 16.3. The lowest BCUT2D eigenvalue weighted by Gasteiger charge is -2.35. The van der Waals surface area contributed by atoms with Crippen molar-refractivity contribution in [1.29, 1.82) is 0 Å². The highest BCUT2D eigenvalue weighted by atomic mass is 16.3. The summed E-state index contributed by atoms with van der Waals surface area (Å²) in [6.07, 6.45) is 2.08. The normalized spacial score (nSPS) is 14.6. The Hall–Kier alpha value is -3.15. The highest BCUT2D eigenvalue weighted by Gasteiger charge is 2.23. The van der Waals surface area contributed by atoms with Crippen molar-refractivity contribution in [1.82, 2.24) is 15.1 Å². The maximum atomic E-state index is 12.5. The van der Waals surface area contributed by atoms with E-state index in [4.69, 9.17) is 0 Å². The van der Waals surface area contributed by atoms with Gasteiger partial charge in [0.2, 0.25) is 5.91 Å². The summed E-state index contributed by atoms with van der Waals surface area (Å²) in [5, 5.41) is 20.1. The van der Waals surface area contributed by atoms with Gasteiger partial charge in [0.05, 0.1) is 12.6 Å². The summed E-state index contributed by atoms with van der Waals surface area (Å²) in [6.45, 7) is 2.77. The summed E-state index contributed by atoms with van der Waals surface area (Å²) in [4.78, 5) is 16.6. The second-order valence-corrected chi connectivity index (χ2v) is 6.47. The van der Waals surface area contributed by atoms with Gasteiger partial charge in [-0.05, 0) is 17.7 Å². The molecule has 0 radical (unpaired) electrons. The number of benzene rings is 2. The summed E-state index contributed by atoms with van der Waals surface area (Å²) < 4.78 is 0. The Labute approximate surface area is 151 Å². The first-order valence-electron chi connectivity index (χ1n) is 8.72. The maximum absolute atomic E-state index is 12.5. The first-order chi connectivity index (χ1) is 12.7. The van der Waals surface area contributed by atoms with Gasteiger partial charge in [0.15, 0.2) is 5.82 Å². The fraction of sp³-hybridized carbons (Fsp3) is 0.250. The summed E-state index contributed by atoms with van der Waals surface area (Å²) in [5.74, 6) is 1.15. The van der Waals surface area contributed by atoms with Gasteiger partial charge in [-0.25, -0.2) is 0 Å². The number of hydrogen-bond donors (Lipinski definition) is 1. The van der Waals surface area contributed by atoms with Crippen molar-refractivity contribution in [2.75, 3.05) is 31.1 Å². The first-order valence-corrected chi connectivity index (χ1v) is 8.72. The number of phenols is 1. The molecule has 1 N–H and O–H groups in total. The third-order valence-electron chi connectivity index (χ3n) is 4.75. The SMILES string of the molecule is O=C(Cc1cccc(O)c1)N1CCN(c2nncc3ccccc23)CC1. The predicted molar refractivity (Wildman–Crippen MR) is 100 cm³/mol. The van der Waals surface area contributed by atoms with Crippen LogP contribution in [-0.2, 0) is 11.2 Å². The molecule has 1 aliphatic rings. The van der Waals surface area contributed by atoms with Crippen molar-refractivity contribution in [3.63, 3.8) is 0 Å². The van der Waals surface area contributed by atoms with E-state index in [2.05, 4.69) is 21.2 Å². The number of anilines is 1. The lowest BCUT2D eigenvalue weighted by Crippen LogP contribution is -2.49. The molecule has 0 unspecified atom stereocenters. The van der Waals surface area contributed by atoms with Crippen molar-refractivity contribution in [3.05, 3.63) is 60.3 Å². The minimum atomic E-state index is 0.0826. The van der Waals surface area contributed by atoms with Crippen LogP contribution in [0.2, 0.25) is 0 Å². The number of aromatic nitrogens is 2. The zero-order chi connectivity index (χ0) is 17.9. The average Bonchev–Trinajstić information content (AvgIpc) is 2.68. The maximum Gasteiger partial charge on any atom is 0.227 e. The quantitative estimate of drug-likeness (QED) is 0.786. The minimum absolute atomic E-state index is 0.0826. The van der Waals surface area contributed by atoms with Crippen LogP contribution in [-0.4, -0.2) is 52.3 Å². The molecule has 1 amide bonds. The van der Waals surface area contributed by atoms with Gasteiger partial charge in [0, 0.05) is 37.0 Å². The highest BCUT2D eigenvalue weighted by Crippen LogP contribution is 2.24. The molecule has 1 aliphatic heterocycles. The predicted octanol–water partition coefficient (Wildman–Crippen LogP) is 2.23. The van der Waals surface area contributed by atoms with Crippen molar-refractivity contribution < 1.29 is 9.90 Å². The van der Waals surface area contributed by atoms with E-state index in [1.807, 2.05) is 29.2 Å². The molecule has 0 atom stereocenters. The van der Waals surface area contributed by atoms with E-state index in [-0.39, 0.29) is 11.7 Å². The molecule has 2 heterocycles. The Morgan fingerprint density at radius 3 is 2.65 bits per heavy atom. The van der Waals surface area contributed by atoms with Gasteiger partial charge in [-0.15, -0.1) is 5.10 Å². The molecule has 0 saturated carbocycles. The zero-order valence-electron chi connectivity index (χ0n) is 14.4. The summed E-state index contributed by atoms with van der Waals surface area (Å²) in [5.41, 5.74) is 0.831. The lowest BCUT2D eigenvalue weighted by atomic mass is 10.1. The summed E-state index contributed by atoms with van der Waals surface area (Å²) >= 11 is 0. The molecule has 6 nitrogen and oxygen atoms in total. The van der Waals surface area contributed by atoms with Crippen molar-refractivity contribution >= 4 is 22.5 Å². The number of aromatic hydroxyl groups is 1. The molecule has 0 bridgehead atoms. The van der Waals surface area contributed by atoms with Crippen LogP contribution in [0.5, 0.6) is 5.75 Å². The van der Waals surface area contributed by atoms with Gasteiger partial charge in [-0.1, -0.05) is 36.4 Å². The second-order valence-electron chi connectivity index (χ2n) is 6.47. The van der Waals surface area contributed by atoms with Gasteiger partial charge in [0.1, 0.15) is 5.75 Å². The largest absolute Gasteiger partial charge is 0.508 e. The molecule has 1 aromatic heterocycles. The smallest absolute Gasteiger partial charge is 0.227 e. The molecule has 2 aromatic carbocycles. The van der Waals surface area contributed by atoms with Crippen LogP contribution in [0.15, 0.2) is 54.7 Å². The van der Waals surface area contributed by atoms with E-state index in [1.165, 1.54) is 0 Å². The second kappa shape index (κ2) is 7.00. The Morgan fingerprint density at radius 1 is 1.04 bits per heavy atom. The third kappa shape index (κ3) is 3.31. The molecule has 132 valence electrons. The number of carbonyl (C=O) groups excluding carboxylic acids is 1. The molecule has 26 heavy (non-hydrogen) atoms. The van der Waals surface area contributed by atoms with Crippen molar-refractivity contribution in [2.45, 2.75) is 6.42 Å². The monoisotopic (exact) mass is 348 g/mol. The van der Waals surface area contributed by atoms with Crippen LogP contribution >= 0.6 is 0 Å². The number of amides is 1. The van der Waals surface area contributed by atoms with Crippen LogP contribution in [0.25, 0.3) is 10.8 Å². The minimum Gasteiger partial charge on any atom is -0.508 e. The van der Waals surface area contributed by atoms with E-state index in [1.54, 1.807) is 24.4 Å². The van der Waals surface area contributed by atoms with Crippen molar-refractivity contribution in [3.8, 4) is 5.75 Å². The molecule has 0 aliphatic carbocycles. The molecular weight excluding hydrogens is 328 g/mol. The number of fused-ring (bicyclic) bond motifs is 1. The van der Waals surface area contributed by atoms with Gasteiger partial charge in [0.25, 0.3) is 0 Å². The van der Waals surface area contributed by atoms with E-state index in [9.17, 15) is 9.90 Å². The van der Waals surface area contributed by atoms with Crippen LogP contribution in [0, 0.1) is 0 Å². The van der Waals surface area contributed by atoms with Crippen molar-refractivity contribution in [2.24, 2.45) is 0 Å². The fourth-order valence-corrected chi connectivity index (χ4v) is 3.37. The van der Waals surface area contributed by atoms with Gasteiger partial charge in [-0.3, -0.25) is 4.79 Å². The van der Waals surface area contributed by atoms with Crippen LogP contribution in [0.1, 0.15) is 5.56 Å². The molecule has 1 fully saturated rings. The molecule has 0 spiro atoms. The standard InChI is InChI=1S/C20H20N4O2/c25-17-6-3-4-15(12-17)13-19(26)23-8-10-24(11-9-23)20-18-7-2-1-5-16(18)14-21-22-20/h1-7,12,14,25H,8-11,13H2. The molecule has 3 aromatic rings. The summed E-state index contributed by atoms with van der Waals surface area (Å²) in [7, 11) is 0. The number of nitrogens with zero attached hydrogens (tertiary/aromatic N) is 4. The van der Waals surface area contributed by atoms with Crippen LogP contribution in [0.3, 0.4) is 0 Å². The molecule has 6 heteroatoms. The number of rotatable bonds is 3. The van der Waals surface area contributed by atoms with Crippen LogP contribution < -0.4 is 4.90 Å². The third-order valence-corrected chi connectivity index (χ3v) is 4.75. The Bertz CT molecular complexity index is 931. The Balaban J connectivity index is 1.43. The van der Waals surface area contributed by atoms with Crippen LogP contribution in [0.4, 0.5) is 5.82 Å². The molecular formula is C20H20N4O2. The van der Waals surface area contributed by atoms with Gasteiger partial charge in [-0.2, -0.15) is 5.10 Å². The van der Waals surface area contributed by atoms with E-state index < -0.39 is 0 Å². The zero-order valence-corrected chi connectivity index (χ0v) is 14.4. The average molecular weight is 348 g/mol. The molecule has 4 rings (SSSR count). The van der Waals surface area contributed by atoms with E-state index in [0.29, 0.717) is 19.5 Å². The molecule has 1 saturated heterocycles. The van der Waals surface area contributed by atoms with Gasteiger partial charge < -0.3 is 14.9 Å².